The lowest BCUT2D eigenvalue weighted by Crippen LogP contribution is -3.09. The molecular formula is C17H19Cl2N3+2. The average molecular weight is 336 g/mol. The smallest absolute Gasteiger partial charge is 0.285 e. The normalized spacial score (nSPS) is 24.8. The van der Waals surface area contributed by atoms with Crippen molar-refractivity contribution in [3.05, 3.63) is 69.7 Å². The molecule has 0 aromatic heterocycles. The molecule has 0 fully saturated rings. The molecule has 2 aromatic rings. The monoisotopic (exact) mass is 335 g/mol. The molecule has 3 rings (SSSR count). The molecule has 3 N–H and O–H groups in total. The molecule has 5 heteroatoms. The number of benzene rings is 2. The fraction of sp³-hybridized carbons (Fsp3) is 0.235. The maximum Gasteiger partial charge on any atom is 0.312 e. The van der Waals surface area contributed by atoms with Gasteiger partial charge in [-0.25, -0.2) is 4.58 Å². The van der Waals surface area contributed by atoms with Gasteiger partial charge >= 0.3 is 5.84 Å². The molecule has 3 atom stereocenters. The van der Waals surface area contributed by atoms with Gasteiger partial charge in [0.15, 0.2) is 0 Å². The third-order valence-corrected chi connectivity index (χ3v) is 5.08. The molecule has 2 aromatic carbocycles. The minimum Gasteiger partial charge on any atom is -0.285 e. The summed E-state index contributed by atoms with van der Waals surface area (Å²) in [6.45, 7) is 0. The predicted molar refractivity (Wildman–Crippen MR) is 90.7 cm³/mol. The molecule has 1 aliphatic heterocycles. The van der Waals surface area contributed by atoms with Crippen LogP contribution >= 0.6 is 23.2 Å². The Kier molecular flexibility index (Phi) is 4.13. The second-order valence-corrected chi connectivity index (χ2v) is 6.47. The zero-order chi connectivity index (χ0) is 15.9. The van der Waals surface area contributed by atoms with Gasteiger partial charge in [0.2, 0.25) is 6.04 Å². The zero-order valence-corrected chi connectivity index (χ0v) is 14.1. The molecule has 3 nitrogen and oxygen atoms in total. The molecule has 114 valence electrons. The van der Waals surface area contributed by atoms with Crippen molar-refractivity contribution in [3.63, 3.8) is 0 Å². The molecule has 0 radical (unpaired) electrons. The van der Waals surface area contributed by atoms with Gasteiger partial charge in [-0.05, 0) is 18.2 Å². The van der Waals surface area contributed by atoms with E-state index in [1.165, 1.54) is 4.90 Å². The Bertz CT molecular complexity index is 681. The second-order valence-electron chi connectivity index (χ2n) is 5.66. The van der Waals surface area contributed by atoms with Crippen LogP contribution in [0, 0.1) is 0 Å². The first-order chi connectivity index (χ1) is 10.5. The lowest BCUT2D eigenvalue weighted by atomic mass is 10.0. The van der Waals surface area contributed by atoms with Crippen molar-refractivity contribution in [1.29, 1.82) is 0 Å². The van der Waals surface area contributed by atoms with Crippen molar-refractivity contribution >= 4 is 29.0 Å². The van der Waals surface area contributed by atoms with E-state index >= 15 is 0 Å². The zero-order valence-electron chi connectivity index (χ0n) is 12.6. The van der Waals surface area contributed by atoms with Gasteiger partial charge in [0.1, 0.15) is 0 Å². The summed E-state index contributed by atoms with van der Waals surface area (Å²) in [5.41, 5.74) is 8.52. The minimum absolute atomic E-state index is 0.0139. The summed E-state index contributed by atoms with van der Waals surface area (Å²) in [5, 5.41) is 1.49. The van der Waals surface area contributed by atoms with E-state index in [4.69, 9.17) is 28.9 Å². The Morgan fingerprint density at radius 1 is 0.955 bits per heavy atom. The predicted octanol–water partition coefficient (Wildman–Crippen LogP) is 2.26. The number of quaternary nitrogens is 1. The molecule has 0 spiro atoms. The lowest BCUT2D eigenvalue weighted by molar-refractivity contribution is -0.995. The molecule has 1 unspecified atom stereocenters. The topological polar surface area (TPSA) is 33.5 Å². The molecule has 1 aliphatic rings. The summed E-state index contributed by atoms with van der Waals surface area (Å²) in [4.78, 5) is 1.24. The number of hydrogen-bond acceptors (Lipinski definition) is 1. The van der Waals surface area contributed by atoms with E-state index in [0.717, 1.165) is 27.0 Å². The van der Waals surface area contributed by atoms with Crippen LogP contribution in [0.3, 0.4) is 0 Å². The highest BCUT2D eigenvalue weighted by Gasteiger charge is 2.47. The highest BCUT2D eigenvalue weighted by molar-refractivity contribution is 6.31. The van der Waals surface area contributed by atoms with Gasteiger partial charge in [-0.1, -0.05) is 53.5 Å². The molecule has 0 aliphatic carbocycles. The van der Waals surface area contributed by atoms with Crippen LogP contribution < -0.4 is 10.6 Å². The van der Waals surface area contributed by atoms with Crippen molar-refractivity contribution < 1.29 is 9.48 Å². The second kappa shape index (κ2) is 5.92. The number of amidine groups is 1. The van der Waals surface area contributed by atoms with Gasteiger partial charge in [-0.2, -0.15) is 0 Å². The quantitative estimate of drug-likeness (QED) is 0.811. The van der Waals surface area contributed by atoms with Crippen molar-refractivity contribution in [3.8, 4) is 0 Å². The van der Waals surface area contributed by atoms with Crippen LogP contribution in [0.5, 0.6) is 0 Å². The number of halogens is 2. The van der Waals surface area contributed by atoms with Crippen molar-refractivity contribution in [2.45, 2.75) is 12.2 Å². The van der Waals surface area contributed by atoms with Crippen LogP contribution in [-0.4, -0.2) is 24.5 Å². The Morgan fingerprint density at radius 2 is 1.45 bits per heavy atom. The summed E-state index contributed by atoms with van der Waals surface area (Å²) in [6, 6.07) is 15.8. The molecular weight excluding hydrogens is 317 g/mol. The Balaban J connectivity index is 2.08. The van der Waals surface area contributed by atoms with Crippen molar-refractivity contribution in [2.24, 2.45) is 5.73 Å². The van der Waals surface area contributed by atoms with Gasteiger partial charge in [0.05, 0.1) is 29.7 Å². The lowest BCUT2D eigenvalue weighted by Gasteiger charge is -2.22. The maximum atomic E-state index is 6.41. The minimum atomic E-state index is 0.0139. The molecule has 0 amide bonds. The molecule has 0 bridgehead atoms. The molecule has 1 heterocycles. The van der Waals surface area contributed by atoms with Crippen LogP contribution in [0.15, 0.2) is 48.5 Å². The largest absolute Gasteiger partial charge is 0.312 e. The van der Waals surface area contributed by atoms with Gasteiger partial charge in [0, 0.05) is 5.56 Å². The first-order valence-electron chi connectivity index (χ1n) is 7.19. The van der Waals surface area contributed by atoms with Crippen LogP contribution in [0.2, 0.25) is 10.0 Å². The van der Waals surface area contributed by atoms with Crippen molar-refractivity contribution in [1.82, 2.24) is 0 Å². The van der Waals surface area contributed by atoms with Gasteiger partial charge in [0.25, 0.3) is 6.17 Å². The Hall–Kier alpha value is -1.55. The summed E-state index contributed by atoms with van der Waals surface area (Å²) >= 11 is 12.8. The summed E-state index contributed by atoms with van der Waals surface area (Å²) in [5.74, 6) is 0.801. The van der Waals surface area contributed by atoms with Gasteiger partial charge < -0.3 is 0 Å². The fourth-order valence-corrected chi connectivity index (χ4v) is 3.80. The number of hydrogen-bond donors (Lipinski definition) is 2. The van der Waals surface area contributed by atoms with E-state index in [2.05, 4.69) is 17.7 Å². The van der Waals surface area contributed by atoms with E-state index in [1.54, 1.807) is 0 Å². The van der Waals surface area contributed by atoms with Crippen LogP contribution in [-0.2, 0) is 0 Å². The molecule has 0 saturated heterocycles. The third kappa shape index (κ3) is 2.39. The number of rotatable bonds is 2. The first-order valence-corrected chi connectivity index (χ1v) is 7.95. The third-order valence-electron chi connectivity index (χ3n) is 4.39. The first kappa shape index (κ1) is 15.3. The van der Waals surface area contributed by atoms with E-state index in [9.17, 15) is 0 Å². The Morgan fingerprint density at radius 3 is 2.00 bits per heavy atom. The molecule has 22 heavy (non-hydrogen) atoms. The van der Waals surface area contributed by atoms with E-state index < -0.39 is 0 Å². The summed E-state index contributed by atoms with van der Waals surface area (Å²) in [7, 11) is 4.13. The van der Waals surface area contributed by atoms with E-state index in [0.29, 0.717) is 0 Å². The van der Waals surface area contributed by atoms with Crippen LogP contribution in [0.25, 0.3) is 0 Å². The number of nitrogens with two attached hydrogens (primary N) is 1. The summed E-state index contributed by atoms with van der Waals surface area (Å²) < 4.78 is 2.09. The van der Waals surface area contributed by atoms with Crippen LogP contribution in [0.4, 0.5) is 0 Å². The number of nitrogens with one attached hydrogen (secondary N) is 1. The fourth-order valence-electron chi connectivity index (χ4n) is 3.31. The Labute approximate surface area is 140 Å². The standard InChI is InChI=1S/C17H17Cl2N3/c1-21-15(11-7-3-5-9-13(11)18)16(20)22(2)17(21)12-8-4-6-10-14(12)19/h3-10,15,17,20H,1-2H3/p+2/t15-,17-/m1/s1. The SMILES string of the molecule is C[N+]1=C(N)[C@@H](c2ccccc2Cl)[NH+](C)[C@H]1c1ccccc1Cl. The van der Waals surface area contributed by atoms with Crippen molar-refractivity contribution in [2.75, 3.05) is 14.1 Å². The summed E-state index contributed by atoms with van der Waals surface area (Å²) in [6.07, 6.45) is 0.0648. The average Bonchev–Trinajstić information content (AvgIpc) is 2.72. The van der Waals surface area contributed by atoms with Gasteiger partial charge in [-0.3, -0.25) is 10.6 Å². The van der Waals surface area contributed by atoms with Crippen LogP contribution in [0.1, 0.15) is 23.3 Å². The van der Waals surface area contributed by atoms with E-state index in [-0.39, 0.29) is 12.2 Å². The van der Waals surface area contributed by atoms with E-state index in [1.807, 2.05) is 49.5 Å². The number of likely N-dealkylation sites (N-methyl/N-ethyl adjacent to an activating group) is 1. The van der Waals surface area contributed by atoms with Gasteiger partial charge in [-0.15, -0.1) is 0 Å². The molecule has 0 saturated carbocycles. The number of nitrogens with zero attached hydrogens (tertiary/aromatic N) is 1. The highest BCUT2D eigenvalue weighted by Crippen LogP contribution is 2.28. The highest BCUT2D eigenvalue weighted by atomic mass is 35.5. The maximum absolute atomic E-state index is 6.41.